The topological polar surface area (TPSA) is 454 Å². The number of amides is 5. The largest absolute Gasteiger partial charge is 0.481 e. The molecular weight excluding hydrogens is 1470 g/mol. The van der Waals surface area contributed by atoms with Gasteiger partial charge >= 0.3 is 23.9 Å². The number of hydrogen-bond donors (Lipinski definition) is 9. The Morgan fingerprint density at radius 2 is 0.717 bits per heavy atom. The Bertz CT molecular complexity index is 2580. The molecule has 113 heavy (non-hydrogen) atoms. The maximum Gasteiger partial charge on any atom is 0.326 e. The van der Waals surface area contributed by atoms with Gasteiger partial charge in [0.1, 0.15) is 49.0 Å². The molecule has 0 heterocycles. The molecule has 4 atom stereocenters. The van der Waals surface area contributed by atoms with Crippen molar-refractivity contribution in [1.82, 2.24) is 26.6 Å². The average molecular weight is 1620 g/mol. The lowest BCUT2D eigenvalue weighted by Crippen LogP contribution is -2.41. The zero-order valence-electron chi connectivity index (χ0n) is 69.0. The summed E-state index contributed by atoms with van der Waals surface area (Å²) in [6.45, 7) is 12.4. The lowest BCUT2D eigenvalue weighted by molar-refractivity contribution is -0.144. The van der Waals surface area contributed by atoms with Crippen molar-refractivity contribution in [2.75, 3.05) is 132 Å². The van der Waals surface area contributed by atoms with Crippen LogP contribution in [0.4, 0.5) is 0 Å². The molecule has 0 unspecified atom stereocenters. The molecule has 0 radical (unpaired) electrons. The Balaban J connectivity index is -0.00000139. The third-order valence-corrected chi connectivity index (χ3v) is 18.4. The highest BCUT2D eigenvalue weighted by Gasteiger charge is 2.25. The highest BCUT2D eigenvalue weighted by atomic mass is 16.5. The monoisotopic (exact) mass is 1620 g/mol. The molecular formula is C82H149N5O26. The van der Waals surface area contributed by atoms with Gasteiger partial charge in [0.05, 0.1) is 72.0 Å². The molecule has 31 heteroatoms. The Morgan fingerprint density at radius 1 is 0.310 bits per heavy atom. The number of hydrogen-bond acceptors (Lipinski definition) is 22. The standard InChI is InChI=1S/C56H98N4O18.C26H47NO8.2H2/c1-44(19-14-16-26-58-53(67)43-78-38-35-74-31-28-57-46(3)62)51(65)40-47(45(2)61)20-15-17-27-59-54(68)42-77-37-33-73-30-18-22-50(64)41-76-36-34-75-32-29-60-52(66)25-24-48(56(71)72)39-49(63)21-12-10-8-6-4-5-7-9-11-13-23-55(69)70;1-2-34-20-21-35-19-13-14-22(28)17-18-23(26(32)33)27-24(29)15-11-9-7-5-3-4-6-8-10-12-16-25(30)31;;/h44,47-48H,4-43H2,1-3H3,(H,57,62)(H,58,67)(H,59,68)(H,60,66)(H,69,70)(H,71,72);23H,2-21H2,1H3,(H,27,29)(H,30,31)(H,32,33);2*1H/t44-,47+,48+;23-;;/m00../s1. The molecule has 0 aliphatic rings. The minimum Gasteiger partial charge on any atom is -0.481 e. The fourth-order valence-corrected chi connectivity index (χ4v) is 11.6. The zero-order chi connectivity index (χ0) is 84.0. The van der Waals surface area contributed by atoms with Crippen LogP contribution in [0, 0.1) is 17.8 Å². The number of carbonyl (C=O) groups excluding carboxylic acids is 10. The normalized spacial score (nSPS) is 12.1. The van der Waals surface area contributed by atoms with Gasteiger partial charge < -0.3 is 84.9 Å². The van der Waals surface area contributed by atoms with Gasteiger partial charge in [-0.3, -0.25) is 62.3 Å². The second kappa shape index (κ2) is 79.1. The van der Waals surface area contributed by atoms with Gasteiger partial charge in [0.15, 0.2) is 5.78 Å². The first kappa shape index (κ1) is 108. The minimum absolute atomic E-state index is 0. The number of carboxylic acid groups (broad SMARTS) is 4. The van der Waals surface area contributed by atoms with E-state index in [-0.39, 0.29) is 197 Å². The van der Waals surface area contributed by atoms with Crippen LogP contribution in [0.5, 0.6) is 0 Å². The molecule has 5 amide bonds. The van der Waals surface area contributed by atoms with Gasteiger partial charge in [-0.05, 0) is 90.9 Å². The Labute approximate surface area is 674 Å². The third kappa shape index (κ3) is 78.9. The van der Waals surface area contributed by atoms with Crippen molar-refractivity contribution >= 4 is 82.3 Å². The maximum absolute atomic E-state index is 12.9. The van der Waals surface area contributed by atoms with Crippen molar-refractivity contribution in [3.8, 4) is 0 Å². The number of carbonyl (C=O) groups is 14. The van der Waals surface area contributed by atoms with Gasteiger partial charge in [0, 0.05) is 132 Å². The van der Waals surface area contributed by atoms with Crippen LogP contribution in [0.3, 0.4) is 0 Å². The molecule has 658 valence electrons. The van der Waals surface area contributed by atoms with Crippen LogP contribution < -0.4 is 26.6 Å². The summed E-state index contributed by atoms with van der Waals surface area (Å²) in [5.41, 5.74) is 0. The molecule has 0 aromatic carbocycles. The molecule has 0 aromatic heterocycles. The number of Topliss-reactive ketones (excluding diaryl/α,β-unsaturated/α-hetero) is 5. The first-order valence-electron chi connectivity index (χ1n) is 41.8. The lowest BCUT2D eigenvalue weighted by Gasteiger charge is -2.16. The van der Waals surface area contributed by atoms with E-state index in [0.717, 1.165) is 128 Å². The van der Waals surface area contributed by atoms with Gasteiger partial charge in [-0.25, -0.2) is 4.79 Å². The quantitative estimate of drug-likeness (QED) is 0.0255. The summed E-state index contributed by atoms with van der Waals surface area (Å²) in [7, 11) is 0. The van der Waals surface area contributed by atoms with Crippen LogP contribution in [-0.4, -0.2) is 241 Å². The summed E-state index contributed by atoms with van der Waals surface area (Å²) in [5.74, 6) is -6.64. The number of rotatable bonds is 84. The van der Waals surface area contributed by atoms with E-state index in [1.54, 1.807) is 0 Å². The molecule has 0 spiro atoms. The number of ketones is 5. The van der Waals surface area contributed by atoms with E-state index in [2.05, 4.69) is 26.6 Å². The molecule has 0 rings (SSSR count). The summed E-state index contributed by atoms with van der Waals surface area (Å²) < 4.78 is 42.8. The molecule has 0 saturated carbocycles. The molecule has 0 aromatic rings. The van der Waals surface area contributed by atoms with Gasteiger partial charge in [0.25, 0.3) is 0 Å². The minimum atomic E-state index is -1.12. The van der Waals surface area contributed by atoms with Gasteiger partial charge in [-0.15, -0.1) is 0 Å². The predicted octanol–water partition coefficient (Wildman–Crippen LogP) is 10.3. The van der Waals surface area contributed by atoms with E-state index in [1.807, 2.05) is 13.8 Å². The van der Waals surface area contributed by atoms with Crippen molar-refractivity contribution in [3.05, 3.63) is 0 Å². The Morgan fingerprint density at radius 3 is 1.18 bits per heavy atom. The fraction of sp³-hybridized carbons (Fsp3) is 0.829. The van der Waals surface area contributed by atoms with Crippen LogP contribution in [0.2, 0.25) is 0 Å². The molecule has 0 fully saturated rings. The lowest BCUT2D eigenvalue weighted by atomic mass is 9.87. The highest BCUT2D eigenvalue weighted by Crippen LogP contribution is 2.21. The third-order valence-electron chi connectivity index (χ3n) is 18.4. The second-order valence-corrected chi connectivity index (χ2v) is 28.7. The second-order valence-electron chi connectivity index (χ2n) is 28.7. The summed E-state index contributed by atoms with van der Waals surface area (Å²) in [6.07, 6.45) is 26.9. The number of unbranched alkanes of at least 4 members (excludes halogenated alkanes) is 20. The van der Waals surface area contributed by atoms with E-state index in [1.165, 1.54) is 13.8 Å². The van der Waals surface area contributed by atoms with Gasteiger partial charge in [0.2, 0.25) is 29.5 Å². The highest BCUT2D eigenvalue weighted by molar-refractivity contribution is 5.88. The summed E-state index contributed by atoms with van der Waals surface area (Å²) in [6, 6.07) is -1.04. The van der Waals surface area contributed by atoms with Crippen LogP contribution in [0.1, 0.15) is 287 Å². The predicted molar refractivity (Wildman–Crippen MR) is 428 cm³/mol. The van der Waals surface area contributed by atoms with Crippen LogP contribution >= 0.6 is 0 Å². The van der Waals surface area contributed by atoms with E-state index in [0.29, 0.717) is 137 Å². The van der Waals surface area contributed by atoms with Crippen molar-refractivity contribution in [1.29, 1.82) is 0 Å². The smallest absolute Gasteiger partial charge is 0.326 e. The number of aliphatic carboxylic acids is 4. The van der Waals surface area contributed by atoms with Crippen LogP contribution in [-0.2, 0) is 105 Å². The fourth-order valence-electron chi connectivity index (χ4n) is 11.6. The van der Waals surface area contributed by atoms with Crippen molar-refractivity contribution in [2.45, 2.75) is 291 Å². The van der Waals surface area contributed by atoms with Crippen LogP contribution in [0.25, 0.3) is 0 Å². The zero-order valence-corrected chi connectivity index (χ0v) is 69.0. The first-order chi connectivity index (χ1) is 54.4. The first-order valence-corrected chi connectivity index (χ1v) is 41.8. The summed E-state index contributed by atoms with van der Waals surface area (Å²) in [4.78, 5) is 165. The number of carboxylic acids is 4. The molecule has 0 aliphatic heterocycles. The van der Waals surface area contributed by atoms with Crippen molar-refractivity contribution in [2.24, 2.45) is 17.8 Å². The SMILES string of the molecule is CC(=O)NCCOCCOCC(=O)NCCCC[C@H](C)C(=O)C[C@@H](CCCCNC(=O)COCCOCCCC(=O)COCCOCCNC(=O)CC[C@H](CC(=O)CCCCCCCCCCCCC(=O)O)C(=O)O)C(C)=O.CCOCCOCCCC(=O)CC[C@H](NC(=O)CCCCCCCCCCCCC(=O)O)C(=O)O.[HH].[HH]. The van der Waals surface area contributed by atoms with E-state index >= 15 is 0 Å². The Hall–Kier alpha value is -6.74. The summed E-state index contributed by atoms with van der Waals surface area (Å²) >= 11 is 0. The Kier molecular flexibility index (Phi) is 75.8. The van der Waals surface area contributed by atoms with Crippen molar-refractivity contribution < 1.29 is 128 Å². The molecule has 0 saturated heterocycles. The van der Waals surface area contributed by atoms with Crippen LogP contribution in [0.15, 0.2) is 0 Å². The van der Waals surface area contributed by atoms with E-state index in [4.69, 9.17) is 48.1 Å². The molecule has 0 aliphatic carbocycles. The number of ether oxygens (including phenoxy) is 8. The van der Waals surface area contributed by atoms with E-state index < -0.39 is 35.8 Å². The molecule has 0 bridgehead atoms. The number of nitrogens with one attached hydrogen (secondary N) is 5. The summed E-state index contributed by atoms with van der Waals surface area (Å²) in [5, 5.41) is 49.6. The van der Waals surface area contributed by atoms with E-state index in [9.17, 15) is 77.3 Å². The van der Waals surface area contributed by atoms with Crippen molar-refractivity contribution in [3.63, 3.8) is 0 Å². The molecule has 9 N–H and O–H groups in total. The maximum atomic E-state index is 12.9. The molecule has 31 nitrogen and oxygen atoms in total. The average Bonchev–Trinajstić information content (AvgIpc) is 0.929. The van der Waals surface area contributed by atoms with Gasteiger partial charge in [-0.1, -0.05) is 122 Å². The van der Waals surface area contributed by atoms with Gasteiger partial charge in [-0.2, -0.15) is 0 Å².